The third-order valence-corrected chi connectivity index (χ3v) is 10.3. The van der Waals surface area contributed by atoms with Crippen LogP contribution in [0, 0.1) is 17.3 Å². The normalized spacial score (nSPS) is 36.0. The number of carbonyl (C=O) groups excluding carboxylic acids is 2. The first kappa shape index (κ1) is 42.3. The van der Waals surface area contributed by atoms with Crippen LogP contribution >= 0.6 is 0 Å². The largest absolute Gasteiger partial charge is 0.459 e. The molecule has 0 aliphatic carbocycles. The van der Waals surface area contributed by atoms with E-state index >= 15 is 0 Å². The number of fused-ring (bicyclic) bond motifs is 4. The van der Waals surface area contributed by atoms with E-state index < -0.39 is 54.0 Å². The van der Waals surface area contributed by atoms with Crippen molar-refractivity contribution in [2.45, 2.75) is 128 Å². The Kier molecular flexibility index (Phi) is 17.2. The van der Waals surface area contributed by atoms with E-state index in [0.717, 1.165) is 5.57 Å². The molecule has 11 atom stereocenters. The standard InChI is InChI=1S/C41H60O10/c1-7-33(43)29(4)28(3)25-48-40(47)34(44)19-14-15-20-37-41(6,26-42)38-24-32(50-37)18-11-8-10-16-27(2)22-36-30(5)35(45)23-31(49-36)17-12-9-13-21-39(46)51-38/h9-16,18,21-22,29-38,42-45H,3,7-8,17,19-20,23-26H2,1-2,4-6H3/b12-9+,15-14+,16-10+,18-11-,21-13+,27-22-. The molecule has 4 bridgehead atoms. The van der Waals surface area contributed by atoms with Crippen molar-refractivity contribution in [1.82, 2.24) is 0 Å². The summed E-state index contributed by atoms with van der Waals surface area (Å²) >= 11 is 0. The van der Waals surface area contributed by atoms with Gasteiger partial charge in [-0.05, 0) is 38.2 Å². The second-order valence-corrected chi connectivity index (χ2v) is 14.4. The van der Waals surface area contributed by atoms with Crippen LogP contribution in [0.2, 0.25) is 0 Å². The zero-order valence-electron chi connectivity index (χ0n) is 30.9. The summed E-state index contributed by atoms with van der Waals surface area (Å²) < 4.78 is 23.9. The van der Waals surface area contributed by atoms with Crippen LogP contribution in [-0.2, 0) is 28.5 Å². The molecule has 284 valence electrons. The fourth-order valence-electron chi connectivity index (χ4n) is 6.45. The van der Waals surface area contributed by atoms with Gasteiger partial charge in [0, 0.05) is 37.2 Å². The molecule has 0 aromatic heterocycles. The van der Waals surface area contributed by atoms with Crippen molar-refractivity contribution in [3.63, 3.8) is 0 Å². The predicted octanol–water partition coefficient (Wildman–Crippen LogP) is 5.38. The molecule has 3 aliphatic rings. The summed E-state index contributed by atoms with van der Waals surface area (Å²) in [6, 6.07) is 0. The minimum Gasteiger partial charge on any atom is -0.459 e. The number of hydrogen-bond acceptors (Lipinski definition) is 10. The fraction of sp³-hybridized carbons (Fsp3) is 0.610. The smallest absolute Gasteiger partial charge is 0.335 e. The third kappa shape index (κ3) is 12.8. The molecule has 0 spiro atoms. The summed E-state index contributed by atoms with van der Waals surface area (Å²) in [6.45, 7) is 13.0. The van der Waals surface area contributed by atoms with E-state index in [-0.39, 0.29) is 43.7 Å². The first-order valence-electron chi connectivity index (χ1n) is 18.3. The van der Waals surface area contributed by atoms with Gasteiger partial charge in [-0.25, -0.2) is 9.59 Å². The molecular formula is C41H60O10. The van der Waals surface area contributed by atoms with Crippen molar-refractivity contribution < 1.29 is 49.0 Å². The van der Waals surface area contributed by atoms with Crippen molar-refractivity contribution in [2.75, 3.05) is 13.2 Å². The molecular weight excluding hydrogens is 652 g/mol. The minimum absolute atomic E-state index is 0.00831. The number of ether oxygens (including phenoxy) is 4. The van der Waals surface area contributed by atoms with Gasteiger partial charge in [-0.15, -0.1) is 0 Å². The lowest BCUT2D eigenvalue weighted by molar-refractivity contribution is -0.198. The first-order chi connectivity index (χ1) is 24.3. The van der Waals surface area contributed by atoms with E-state index in [2.05, 4.69) is 12.7 Å². The molecule has 10 heteroatoms. The van der Waals surface area contributed by atoms with Crippen LogP contribution in [0.5, 0.6) is 0 Å². The van der Waals surface area contributed by atoms with Crippen molar-refractivity contribution in [3.05, 3.63) is 84.6 Å². The number of rotatable bonds is 11. The average molecular weight is 713 g/mol. The first-order valence-corrected chi connectivity index (χ1v) is 18.3. The summed E-state index contributed by atoms with van der Waals surface area (Å²) in [5.41, 5.74) is 0.676. The minimum atomic E-state index is -1.38. The molecule has 11 unspecified atom stereocenters. The number of allylic oxidation sites excluding steroid dienone is 6. The highest BCUT2D eigenvalue weighted by Crippen LogP contribution is 2.41. The van der Waals surface area contributed by atoms with Crippen LogP contribution < -0.4 is 0 Å². The Labute approximate surface area is 303 Å². The lowest BCUT2D eigenvalue weighted by Gasteiger charge is -2.47. The van der Waals surface area contributed by atoms with Crippen LogP contribution in [0.1, 0.15) is 79.6 Å². The highest BCUT2D eigenvalue weighted by molar-refractivity contribution is 5.82. The predicted molar refractivity (Wildman–Crippen MR) is 196 cm³/mol. The maximum atomic E-state index is 13.0. The van der Waals surface area contributed by atoms with Crippen LogP contribution in [0.25, 0.3) is 0 Å². The Morgan fingerprint density at radius 2 is 1.90 bits per heavy atom. The summed E-state index contributed by atoms with van der Waals surface area (Å²) in [6.07, 6.45) is 18.8. The molecule has 0 radical (unpaired) electrons. The Morgan fingerprint density at radius 1 is 1.14 bits per heavy atom. The highest BCUT2D eigenvalue weighted by atomic mass is 16.6. The Balaban J connectivity index is 1.71. The van der Waals surface area contributed by atoms with Crippen LogP contribution in [0.4, 0.5) is 0 Å². The van der Waals surface area contributed by atoms with Gasteiger partial charge in [0.25, 0.3) is 0 Å². The molecule has 3 heterocycles. The van der Waals surface area contributed by atoms with E-state index in [1.165, 1.54) is 6.08 Å². The van der Waals surface area contributed by atoms with Gasteiger partial charge in [-0.1, -0.05) is 101 Å². The fourth-order valence-corrected chi connectivity index (χ4v) is 6.45. The quantitative estimate of drug-likeness (QED) is 0.162. The Bertz CT molecular complexity index is 1330. The summed E-state index contributed by atoms with van der Waals surface area (Å²) in [5.74, 6) is -1.59. The van der Waals surface area contributed by atoms with Gasteiger partial charge in [0.15, 0.2) is 6.10 Å². The number of aliphatic hydroxyl groups is 4. The van der Waals surface area contributed by atoms with Gasteiger partial charge in [0.2, 0.25) is 0 Å². The maximum Gasteiger partial charge on any atom is 0.335 e. The summed E-state index contributed by atoms with van der Waals surface area (Å²) in [5, 5.41) is 41.6. The molecule has 10 nitrogen and oxygen atoms in total. The molecule has 0 saturated carbocycles. The zero-order valence-corrected chi connectivity index (χ0v) is 30.9. The molecule has 2 fully saturated rings. The Hall–Kier alpha value is -3.12. The van der Waals surface area contributed by atoms with E-state index in [9.17, 15) is 30.0 Å². The lowest BCUT2D eigenvalue weighted by atomic mass is 9.73. The summed E-state index contributed by atoms with van der Waals surface area (Å²) in [7, 11) is 0. The molecule has 0 amide bonds. The highest BCUT2D eigenvalue weighted by Gasteiger charge is 2.49. The van der Waals surface area contributed by atoms with Gasteiger partial charge >= 0.3 is 11.9 Å². The van der Waals surface area contributed by atoms with Crippen molar-refractivity contribution >= 4 is 11.9 Å². The molecule has 3 aliphatic heterocycles. The van der Waals surface area contributed by atoms with Crippen LogP contribution in [0.15, 0.2) is 84.6 Å². The van der Waals surface area contributed by atoms with Gasteiger partial charge < -0.3 is 39.4 Å². The van der Waals surface area contributed by atoms with E-state index in [4.69, 9.17) is 18.9 Å². The van der Waals surface area contributed by atoms with E-state index in [1.54, 1.807) is 24.3 Å². The number of aliphatic hydroxyl groups excluding tert-OH is 4. The van der Waals surface area contributed by atoms with Crippen LogP contribution in [-0.4, -0.2) is 94.4 Å². The molecule has 0 aromatic rings. The van der Waals surface area contributed by atoms with Gasteiger partial charge in [-0.2, -0.15) is 0 Å². The molecule has 3 rings (SSSR count). The molecule has 2 saturated heterocycles. The lowest BCUT2D eigenvalue weighted by Crippen LogP contribution is -2.55. The average Bonchev–Trinajstić information content (AvgIpc) is 3.10. The number of hydrogen-bond donors (Lipinski definition) is 4. The van der Waals surface area contributed by atoms with Crippen LogP contribution in [0.3, 0.4) is 0 Å². The SMILES string of the molecule is C=C(COC(=O)C(O)C/C=C/CC1OC2/C=C\C/C=C/C(C)=C\C3OC(C/C=C/C=C/C(=O)OC(C2)C1(C)CO)CC(O)C3C)C(C)C(O)CC. The molecule has 51 heavy (non-hydrogen) atoms. The van der Waals surface area contributed by atoms with Crippen molar-refractivity contribution in [1.29, 1.82) is 0 Å². The molecule has 0 aromatic carbocycles. The maximum absolute atomic E-state index is 13.0. The second-order valence-electron chi connectivity index (χ2n) is 14.4. The molecule has 4 N–H and O–H groups in total. The van der Waals surface area contributed by atoms with E-state index in [0.29, 0.717) is 44.1 Å². The zero-order chi connectivity index (χ0) is 37.6. The van der Waals surface area contributed by atoms with Gasteiger partial charge in [0.1, 0.15) is 12.7 Å². The van der Waals surface area contributed by atoms with Crippen molar-refractivity contribution in [3.8, 4) is 0 Å². The second kappa shape index (κ2) is 20.8. The van der Waals surface area contributed by atoms with Crippen molar-refractivity contribution in [2.24, 2.45) is 17.3 Å². The topological polar surface area (TPSA) is 152 Å². The number of carbonyl (C=O) groups is 2. The number of esters is 2. The summed E-state index contributed by atoms with van der Waals surface area (Å²) in [4.78, 5) is 25.4. The monoisotopic (exact) mass is 712 g/mol. The van der Waals surface area contributed by atoms with E-state index in [1.807, 2.05) is 65.0 Å². The Morgan fingerprint density at radius 3 is 2.63 bits per heavy atom. The third-order valence-electron chi connectivity index (χ3n) is 10.3. The van der Waals surface area contributed by atoms with Gasteiger partial charge in [0.05, 0.1) is 48.6 Å². The van der Waals surface area contributed by atoms with Gasteiger partial charge in [-0.3, -0.25) is 0 Å².